The van der Waals surface area contributed by atoms with Gasteiger partial charge in [0, 0.05) is 0 Å². The number of rotatable bonds is 5. The lowest BCUT2D eigenvalue weighted by atomic mass is 9.98. The number of halogens is 1. The molecular weight excluding hydrogens is 231 g/mol. The molecule has 0 saturated heterocycles. The molecule has 0 radical (unpaired) electrons. The third-order valence-corrected chi connectivity index (χ3v) is 2.57. The molecule has 0 aromatic heterocycles. The Morgan fingerprint density at radius 2 is 2.12 bits per heavy atom. The van der Waals surface area contributed by atoms with Crippen LogP contribution in [0.5, 0.6) is 0 Å². The maximum absolute atomic E-state index is 13.2. The average molecular weight is 244 g/mol. The molecule has 0 spiro atoms. The molecule has 1 aromatic rings. The average Bonchev–Trinajstić information content (AvgIpc) is 2.28. The number of carbonyl (C=O) groups excluding carboxylic acids is 1. The van der Waals surface area contributed by atoms with Crippen LogP contribution in [0.3, 0.4) is 0 Å². The molecule has 5 heteroatoms. The van der Waals surface area contributed by atoms with Crippen LogP contribution in [0, 0.1) is 5.82 Å². The fourth-order valence-corrected chi connectivity index (χ4v) is 1.70. The Kier molecular flexibility index (Phi) is 4.92. The van der Waals surface area contributed by atoms with E-state index in [1.54, 1.807) is 0 Å². The van der Waals surface area contributed by atoms with Gasteiger partial charge >= 0.3 is 0 Å². The molecule has 2 atom stereocenters. The van der Waals surface area contributed by atoms with Gasteiger partial charge in [0.25, 0.3) is 0 Å². The van der Waals surface area contributed by atoms with Crippen molar-refractivity contribution in [2.45, 2.75) is 18.6 Å². The van der Waals surface area contributed by atoms with E-state index in [0.29, 0.717) is 12.0 Å². The number of aliphatic hydroxyl groups is 2. The van der Waals surface area contributed by atoms with Crippen LogP contribution in [0.1, 0.15) is 28.4 Å². The van der Waals surface area contributed by atoms with Crippen LogP contribution in [0.25, 0.3) is 0 Å². The molecule has 0 heterocycles. The first-order chi connectivity index (χ1) is 7.61. The fraction of sp³-hybridized carbons (Fsp3) is 0.364. The van der Waals surface area contributed by atoms with Crippen molar-refractivity contribution in [3.05, 3.63) is 35.1 Å². The summed E-state index contributed by atoms with van der Waals surface area (Å²) in [5, 5.41) is 19.3. The van der Waals surface area contributed by atoms with Gasteiger partial charge in [0.1, 0.15) is 11.9 Å². The maximum atomic E-state index is 13.2. The van der Waals surface area contributed by atoms with E-state index >= 15 is 0 Å². The quantitative estimate of drug-likeness (QED) is 0.541. The summed E-state index contributed by atoms with van der Waals surface area (Å²) < 4.78 is 13.2. The lowest BCUT2D eigenvalue weighted by molar-refractivity contribution is 0.0167. The van der Waals surface area contributed by atoms with Crippen LogP contribution in [0.4, 0.5) is 4.39 Å². The van der Waals surface area contributed by atoms with E-state index in [1.165, 1.54) is 12.1 Å². The zero-order chi connectivity index (χ0) is 12.1. The summed E-state index contributed by atoms with van der Waals surface area (Å²) in [5.74, 6) is -0.311. The smallest absolute Gasteiger partial charge is 0.153 e. The first kappa shape index (κ1) is 13.2. The standard InChI is InChI=1S/C11H13FO3S/c12-9-3-1-2-7(8(9)6-13)11(15)10(14)4-5-16/h1-3,6,10-11,14-16H,4-5H2. The first-order valence-corrected chi connectivity index (χ1v) is 5.45. The Bertz CT molecular complexity index is 370. The lowest BCUT2D eigenvalue weighted by Gasteiger charge is -2.18. The highest BCUT2D eigenvalue weighted by Gasteiger charge is 2.21. The Morgan fingerprint density at radius 1 is 1.44 bits per heavy atom. The Morgan fingerprint density at radius 3 is 2.69 bits per heavy atom. The van der Waals surface area contributed by atoms with Gasteiger partial charge in [0.05, 0.1) is 11.7 Å². The summed E-state index contributed by atoms with van der Waals surface area (Å²) >= 11 is 3.92. The minimum Gasteiger partial charge on any atom is -0.390 e. The van der Waals surface area contributed by atoms with Gasteiger partial charge in [-0.1, -0.05) is 12.1 Å². The highest BCUT2D eigenvalue weighted by Crippen LogP contribution is 2.23. The first-order valence-electron chi connectivity index (χ1n) is 4.82. The van der Waals surface area contributed by atoms with Gasteiger partial charge in [-0.3, -0.25) is 4.79 Å². The summed E-state index contributed by atoms with van der Waals surface area (Å²) in [5.41, 5.74) is -0.113. The molecular formula is C11H13FO3S. The van der Waals surface area contributed by atoms with E-state index in [-0.39, 0.29) is 17.5 Å². The Labute approximate surface area is 98.3 Å². The van der Waals surface area contributed by atoms with Crippen molar-refractivity contribution in [3.63, 3.8) is 0 Å². The topological polar surface area (TPSA) is 57.5 Å². The number of aliphatic hydroxyl groups excluding tert-OH is 2. The fourth-order valence-electron chi connectivity index (χ4n) is 1.43. The van der Waals surface area contributed by atoms with Gasteiger partial charge < -0.3 is 10.2 Å². The third-order valence-electron chi connectivity index (χ3n) is 2.31. The monoisotopic (exact) mass is 244 g/mol. The zero-order valence-corrected chi connectivity index (χ0v) is 9.40. The minimum atomic E-state index is -1.27. The van der Waals surface area contributed by atoms with E-state index < -0.39 is 18.0 Å². The largest absolute Gasteiger partial charge is 0.390 e. The molecule has 2 N–H and O–H groups in total. The van der Waals surface area contributed by atoms with E-state index in [2.05, 4.69) is 12.6 Å². The summed E-state index contributed by atoms with van der Waals surface area (Å²) in [4.78, 5) is 10.7. The molecule has 0 aliphatic heterocycles. The summed E-state index contributed by atoms with van der Waals surface area (Å²) in [7, 11) is 0. The molecule has 88 valence electrons. The summed E-state index contributed by atoms with van der Waals surface area (Å²) in [6.45, 7) is 0. The zero-order valence-electron chi connectivity index (χ0n) is 8.51. The molecule has 1 rings (SSSR count). The molecule has 2 unspecified atom stereocenters. The normalized spacial score (nSPS) is 14.5. The van der Waals surface area contributed by atoms with Crippen molar-refractivity contribution in [2.75, 3.05) is 5.75 Å². The van der Waals surface area contributed by atoms with Crippen molar-refractivity contribution in [1.82, 2.24) is 0 Å². The number of hydrogen-bond donors (Lipinski definition) is 3. The number of hydrogen-bond acceptors (Lipinski definition) is 4. The SMILES string of the molecule is O=Cc1c(F)cccc1C(O)C(O)CCS. The van der Waals surface area contributed by atoms with Gasteiger partial charge in [-0.2, -0.15) is 12.6 Å². The second-order valence-corrected chi connectivity index (χ2v) is 3.83. The number of benzene rings is 1. The molecule has 1 aromatic carbocycles. The lowest BCUT2D eigenvalue weighted by Crippen LogP contribution is -2.20. The molecule has 0 bridgehead atoms. The minimum absolute atomic E-state index is 0.101. The van der Waals surface area contributed by atoms with E-state index in [9.17, 15) is 19.4 Å². The van der Waals surface area contributed by atoms with Crippen LogP contribution in [0.15, 0.2) is 18.2 Å². The van der Waals surface area contributed by atoms with E-state index in [0.717, 1.165) is 6.07 Å². The van der Waals surface area contributed by atoms with Crippen LogP contribution in [0.2, 0.25) is 0 Å². The van der Waals surface area contributed by atoms with E-state index in [1.807, 2.05) is 0 Å². The van der Waals surface area contributed by atoms with Crippen molar-refractivity contribution >= 4 is 18.9 Å². The molecule has 16 heavy (non-hydrogen) atoms. The highest BCUT2D eigenvalue weighted by atomic mass is 32.1. The molecule has 0 aliphatic carbocycles. The molecule has 0 aliphatic rings. The van der Waals surface area contributed by atoms with Crippen LogP contribution in [-0.2, 0) is 0 Å². The Hall–Kier alpha value is -0.910. The van der Waals surface area contributed by atoms with Crippen molar-refractivity contribution in [2.24, 2.45) is 0 Å². The van der Waals surface area contributed by atoms with Gasteiger partial charge in [-0.25, -0.2) is 4.39 Å². The second kappa shape index (κ2) is 5.98. The van der Waals surface area contributed by atoms with Crippen LogP contribution >= 0.6 is 12.6 Å². The molecule has 0 saturated carbocycles. The molecule has 3 nitrogen and oxygen atoms in total. The number of carbonyl (C=O) groups is 1. The highest BCUT2D eigenvalue weighted by molar-refractivity contribution is 7.80. The predicted octanol–water partition coefficient (Wildman–Crippen LogP) is 1.35. The Balaban J connectivity index is 3.03. The van der Waals surface area contributed by atoms with Crippen LogP contribution in [-0.4, -0.2) is 28.4 Å². The van der Waals surface area contributed by atoms with Crippen molar-refractivity contribution in [1.29, 1.82) is 0 Å². The van der Waals surface area contributed by atoms with Crippen molar-refractivity contribution in [3.8, 4) is 0 Å². The third kappa shape index (κ3) is 2.81. The molecule has 0 fully saturated rings. The number of thiol groups is 1. The van der Waals surface area contributed by atoms with Gasteiger partial charge in [-0.15, -0.1) is 0 Å². The van der Waals surface area contributed by atoms with Crippen molar-refractivity contribution < 1.29 is 19.4 Å². The second-order valence-electron chi connectivity index (χ2n) is 3.39. The maximum Gasteiger partial charge on any atom is 0.153 e. The van der Waals surface area contributed by atoms with Gasteiger partial charge in [0.2, 0.25) is 0 Å². The van der Waals surface area contributed by atoms with Crippen LogP contribution < -0.4 is 0 Å². The summed E-state index contributed by atoms with van der Waals surface area (Å²) in [6, 6.07) is 3.93. The van der Waals surface area contributed by atoms with Gasteiger partial charge in [-0.05, 0) is 23.8 Å². The predicted molar refractivity (Wildman–Crippen MR) is 61.2 cm³/mol. The summed E-state index contributed by atoms with van der Waals surface area (Å²) in [6.07, 6.45) is -1.73. The van der Waals surface area contributed by atoms with Gasteiger partial charge in [0.15, 0.2) is 6.29 Å². The molecule has 0 amide bonds. The van der Waals surface area contributed by atoms with E-state index in [4.69, 9.17) is 0 Å². The number of aldehydes is 1.